The summed E-state index contributed by atoms with van der Waals surface area (Å²) in [5, 5.41) is 7.23. The summed E-state index contributed by atoms with van der Waals surface area (Å²) in [6.45, 7) is 1.34. The molecule has 0 atom stereocenters. The lowest BCUT2D eigenvalue weighted by molar-refractivity contribution is 0.194. The molecule has 1 N–H and O–H groups in total. The fourth-order valence-electron chi connectivity index (χ4n) is 3.12. The van der Waals surface area contributed by atoms with Gasteiger partial charge in [-0.1, -0.05) is 23.7 Å². The van der Waals surface area contributed by atoms with Gasteiger partial charge in [-0.25, -0.2) is 13.6 Å². The average Bonchev–Trinajstić information content (AvgIpc) is 3.04. The molecule has 1 aliphatic rings. The lowest BCUT2D eigenvalue weighted by Crippen LogP contribution is -2.41. The molecular weight excluding hydrogens is 374 g/mol. The van der Waals surface area contributed by atoms with Gasteiger partial charge in [-0.05, 0) is 35.9 Å². The number of amides is 2. The SMILES string of the molecule is O=C(Nc1cc(F)cc(Cl)c1)N1CCn2ncc(-c3ccc(F)cc3)c2C1. The van der Waals surface area contributed by atoms with Crippen LogP contribution in [0.15, 0.2) is 48.7 Å². The number of benzene rings is 2. The molecule has 0 fully saturated rings. The van der Waals surface area contributed by atoms with Crippen LogP contribution in [0.5, 0.6) is 0 Å². The summed E-state index contributed by atoms with van der Waals surface area (Å²) in [5.41, 5.74) is 2.83. The van der Waals surface area contributed by atoms with E-state index in [9.17, 15) is 13.6 Å². The van der Waals surface area contributed by atoms with E-state index in [4.69, 9.17) is 11.6 Å². The van der Waals surface area contributed by atoms with Gasteiger partial charge < -0.3 is 10.2 Å². The standard InChI is InChI=1S/C19H15ClF2N4O/c20-13-7-15(22)9-16(8-13)24-19(27)25-5-6-26-18(11-25)17(10-23-26)12-1-3-14(21)4-2-12/h1-4,7-10H,5-6,11H2,(H,24,27). The minimum atomic E-state index is -0.520. The number of carbonyl (C=O) groups excluding carboxylic acids is 1. The van der Waals surface area contributed by atoms with Gasteiger partial charge in [0.25, 0.3) is 0 Å². The fraction of sp³-hybridized carbons (Fsp3) is 0.158. The topological polar surface area (TPSA) is 50.2 Å². The van der Waals surface area contributed by atoms with Crippen LogP contribution in [0.4, 0.5) is 19.3 Å². The fourth-order valence-corrected chi connectivity index (χ4v) is 3.34. The van der Waals surface area contributed by atoms with Crippen molar-refractivity contribution in [1.82, 2.24) is 14.7 Å². The summed E-state index contributed by atoms with van der Waals surface area (Å²) in [6.07, 6.45) is 1.72. The minimum Gasteiger partial charge on any atom is -0.317 e. The molecule has 1 aliphatic heterocycles. The molecule has 5 nitrogen and oxygen atoms in total. The summed E-state index contributed by atoms with van der Waals surface area (Å²) in [5.74, 6) is -0.831. The molecule has 0 aliphatic carbocycles. The Morgan fingerprint density at radius 3 is 2.59 bits per heavy atom. The van der Waals surface area contributed by atoms with Crippen molar-refractivity contribution < 1.29 is 13.6 Å². The van der Waals surface area contributed by atoms with Crippen molar-refractivity contribution in [2.75, 3.05) is 11.9 Å². The Hall–Kier alpha value is -2.93. The second-order valence-electron chi connectivity index (χ2n) is 6.24. The number of halogens is 3. The first-order valence-electron chi connectivity index (χ1n) is 8.32. The van der Waals surface area contributed by atoms with Crippen LogP contribution in [-0.2, 0) is 13.1 Å². The maximum atomic E-state index is 13.5. The van der Waals surface area contributed by atoms with Gasteiger partial charge >= 0.3 is 6.03 Å². The van der Waals surface area contributed by atoms with Crippen LogP contribution in [0.1, 0.15) is 5.69 Å². The zero-order valence-electron chi connectivity index (χ0n) is 14.1. The van der Waals surface area contributed by atoms with E-state index in [0.717, 1.165) is 16.8 Å². The third-order valence-electron chi connectivity index (χ3n) is 4.43. The molecule has 4 rings (SSSR count). The van der Waals surface area contributed by atoms with E-state index in [1.54, 1.807) is 23.2 Å². The maximum absolute atomic E-state index is 13.5. The lowest BCUT2D eigenvalue weighted by Gasteiger charge is -2.28. The van der Waals surface area contributed by atoms with Crippen LogP contribution in [0, 0.1) is 11.6 Å². The smallest absolute Gasteiger partial charge is 0.317 e. The summed E-state index contributed by atoms with van der Waals surface area (Å²) in [7, 11) is 0. The number of carbonyl (C=O) groups is 1. The van der Waals surface area contributed by atoms with Crippen molar-refractivity contribution in [3.63, 3.8) is 0 Å². The predicted molar refractivity (Wildman–Crippen MR) is 98.5 cm³/mol. The summed E-state index contributed by atoms with van der Waals surface area (Å²) in [4.78, 5) is 14.2. The van der Waals surface area contributed by atoms with E-state index in [2.05, 4.69) is 10.4 Å². The lowest BCUT2D eigenvalue weighted by atomic mass is 10.1. The third kappa shape index (κ3) is 3.64. The molecule has 0 bridgehead atoms. The zero-order chi connectivity index (χ0) is 19.0. The zero-order valence-corrected chi connectivity index (χ0v) is 14.9. The van der Waals surface area contributed by atoms with Crippen LogP contribution in [0.2, 0.25) is 5.02 Å². The predicted octanol–water partition coefficient (Wildman–Crippen LogP) is 4.53. The van der Waals surface area contributed by atoms with E-state index < -0.39 is 5.82 Å². The van der Waals surface area contributed by atoms with Crippen LogP contribution >= 0.6 is 11.6 Å². The number of nitrogens with one attached hydrogen (secondary N) is 1. The molecule has 2 heterocycles. The highest BCUT2D eigenvalue weighted by atomic mass is 35.5. The van der Waals surface area contributed by atoms with Crippen molar-refractivity contribution in [3.05, 3.63) is 71.0 Å². The molecule has 27 heavy (non-hydrogen) atoms. The monoisotopic (exact) mass is 388 g/mol. The van der Waals surface area contributed by atoms with Gasteiger partial charge in [0, 0.05) is 22.8 Å². The molecule has 1 aromatic heterocycles. The van der Waals surface area contributed by atoms with Gasteiger partial charge in [-0.2, -0.15) is 5.10 Å². The van der Waals surface area contributed by atoms with E-state index in [1.165, 1.54) is 30.3 Å². The second-order valence-corrected chi connectivity index (χ2v) is 6.68. The van der Waals surface area contributed by atoms with E-state index in [-0.39, 0.29) is 16.9 Å². The van der Waals surface area contributed by atoms with E-state index in [0.29, 0.717) is 25.3 Å². The van der Waals surface area contributed by atoms with Gasteiger partial charge in [-0.3, -0.25) is 4.68 Å². The first-order chi connectivity index (χ1) is 13.0. The Labute approximate surface area is 159 Å². The summed E-state index contributed by atoms with van der Waals surface area (Å²) in [6, 6.07) is 9.66. The van der Waals surface area contributed by atoms with Gasteiger partial charge in [0.2, 0.25) is 0 Å². The number of hydrogen-bond donors (Lipinski definition) is 1. The van der Waals surface area contributed by atoms with Crippen molar-refractivity contribution in [2.45, 2.75) is 13.1 Å². The molecule has 138 valence electrons. The van der Waals surface area contributed by atoms with Crippen molar-refractivity contribution in [1.29, 1.82) is 0 Å². The quantitative estimate of drug-likeness (QED) is 0.701. The largest absolute Gasteiger partial charge is 0.322 e. The number of anilines is 1. The third-order valence-corrected chi connectivity index (χ3v) is 4.65. The molecule has 0 saturated carbocycles. The molecule has 0 saturated heterocycles. The van der Waals surface area contributed by atoms with E-state index in [1.807, 2.05) is 4.68 Å². The molecule has 0 spiro atoms. The van der Waals surface area contributed by atoms with Gasteiger partial charge in [0.1, 0.15) is 11.6 Å². The van der Waals surface area contributed by atoms with Gasteiger partial charge in [-0.15, -0.1) is 0 Å². The van der Waals surface area contributed by atoms with Crippen LogP contribution in [-0.4, -0.2) is 27.3 Å². The second kappa shape index (κ2) is 7.00. The Morgan fingerprint density at radius 2 is 1.85 bits per heavy atom. The Morgan fingerprint density at radius 1 is 1.07 bits per heavy atom. The average molecular weight is 389 g/mol. The van der Waals surface area contributed by atoms with Gasteiger partial charge in [0.15, 0.2) is 0 Å². The first-order valence-corrected chi connectivity index (χ1v) is 8.70. The molecule has 0 unspecified atom stereocenters. The highest BCUT2D eigenvalue weighted by Gasteiger charge is 2.24. The van der Waals surface area contributed by atoms with E-state index >= 15 is 0 Å². The van der Waals surface area contributed by atoms with Crippen molar-refractivity contribution >= 4 is 23.3 Å². The highest BCUT2D eigenvalue weighted by Crippen LogP contribution is 2.27. The minimum absolute atomic E-state index is 0.209. The van der Waals surface area contributed by atoms with Crippen molar-refractivity contribution in [3.8, 4) is 11.1 Å². The number of fused-ring (bicyclic) bond motifs is 1. The molecule has 2 aromatic carbocycles. The molecule has 3 aromatic rings. The first kappa shape index (κ1) is 17.5. The number of nitrogens with zero attached hydrogens (tertiary/aromatic N) is 3. The molecular formula is C19H15ClF2N4O. The van der Waals surface area contributed by atoms with Gasteiger partial charge in [0.05, 0.1) is 25.0 Å². The van der Waals surface area contributed by atoms with Crippen molar-refractivity contribution in [2.24, 2.45) is 0 Å². The summed E-state index contributed by atoms with van der Waals surface area (Å²) < 4.78 is 28.5. The van der Waals surface area contributed by atoms with Crippen LogP contribution in [0.3, 0.4) is 0 Å². The number of hydrogen-bond acceptors (Lipinski definition) is 2. The maximum Gasteiger partial charge on any atom is 0.322 e. The molecule has 2 amide bonds. The molecule has 8 heteroatoms. The summed E-state index contributed by atoms with van der Waals surface area (Å²) >= 11 is 5.83. The highest BCUT2D eigenvalue weighted by molar-refractivity contribution is 6.30. The normalized spacial score (nSPS) is 13.4. The Kier molecular flexibility index (Phi) is 4.53. The number of urea groups is 1. The van der Waals surface area contributed by atoms with Crippen LogP contribution < -0.4 is 5.32 Å². The Bertz CT molecular complexity index is 983. The molecule has 0 radical (unpaired) electrons. The number of aromatic nitrogens is 2. The van der Waals surface area contributed by atoms with Crippen LogP contribution in [0.25, 0.3) is 11.1 Å². The number of rotatable bonds is 2. The Balaban J connectivity index is 1.54.